The van der Waals surface area contributed by atoms with Gasteiger partial charge in [-0.15, -0.1) is 0 Å². The molecule has 0 saturated heterocycles. The molecule has 0 aromatic heterocycles. The number of nitrogens with one attached hydrogen (secondary N) is 1. The van der Waals surface area contributed by atoms with Crippen molar-refractivity contribution in [1.29, 1.82) is 0 Å². The van der Waals surface area contributed by atoms with E-state index in [0.29, 0.717) is 12.8 Å². The Bertz CT molecular complexity index is 987. The molecule has 3 unspecified atom stereocenters. The van der Waals surface area contributed by atoms with E-state index < -0.39 is 18.2 Å². The lowest BCUT2D eigenvalue weighted by atomic mass is 9.99. The summed E-state index contributed by atoms with van der Waals surface area (Å²) in [5.41, 5.74) is 0. The number of carbonyl (C=O) groups is 1. The molecule has 69 heavy (non-hydrogen) atoms. The molecule has 0 rings (SSSR count). The van der Waals surface area contributed by atoms with Crippen molar-refractivity contribution in [3.05, 3.63) is 12.2 Å². The normalized spacial score (nSPS) is 13.2. The maximum atomic E-state index is 12.6. The maximum Gasteiger partial charge on any atom is 0.220 e. The van der Waals surface area contributed by atoms with Gasteiger partial charge in [0.15, 0.2) is 0 Å². The molecular formula is C64H127NO4. The molecule has 0 bridgehead atoms. The van der Waals surface area contributed by atoms with Gasteiger partial charge in [0.1, 0.15) is 6.10 Å². The van der Waals surface area contributed by atoms with Crippen LogP contribution >= 0.6 is 0 Å². The lowest BCUT2D eigenvalue weighted by molar-refractivity contribution is -0.124. The van der Waals surface area contributed by atoms with Gasteiger partial charge in [0.2, 0.25) is 5.91 Å². The molecule has 0 fully saturated rings. The van der Waals surface area contributed by atoms with Gasteiger partial charge in [-0.1, -0.05) is 334 Å². The zero-order valence-corrected chi connectivity index (χ0v) is 47.2. The lowest BCUT2D eigenvalue weighted by Crippen LogP contribution is -2.50. The molecule has 3 atom stereocenters. The first-order valence-corrected chi connectivity index (χ1v) is 32.0. The highest BCUT2D eigenvalue weighted by molar-refractivity contribution is 5.76. The summed E-state index contributed by atoms with van der Waals surface area (Å²) in [5, 5.41) is 33.9. The molecule has 1 amide bonds. The third-order valence-electron chi connectivity index (χ3n) is 15.4. The van der Waals surface area contributed by atoms with Crippen LogP contribution in [-0.4, -0.2) is 46.1 Å². The minimum Gasteiger partial charge on any atom is -0.394 e. The summed E-state index contributed by atoms with van der Waals surface area (Å²) in [6, 6.07) is -0.807. The lowest BCUT2D eigenvalue weighted by Gasteiger charge is -2.26. The Kier molecular flexibility index (Phi) is 58.9. The Morgan fingerprint density at radius 3 is 0.841 bits per heavy atom. The predicted molar refractivity (Wildman–Crippen MR) is 305 cm³/mol. The van der Waals surface area contributed by atoms with E-state index >= 15 is 0 Å². The van der Waals surface area contributed by atoms with Gasteiger partial charge in [-0.05, 0) is 38.5 Å². The van der Waals surface area contributed by atoms with Crippen LogP contribution in [0.15, 0.2) is 12.2 Å². The van der Waals surface area contributed by atoms with Crippen molar-refractivity contribution < 1.29 is 20.1 Å². The van der Waals surface area contributed by atoms with Crippen LogP contribution in [0.2, 0.25) is 0 Å². The van der Waals surface area contributed by atoms with Gasteiger partial charge in [-0.2, -0.15) is 0 Å². The Morgan fingerprint density at radius 1 is 0.348 bits per heavy atom. The molecule has 0 aliphatic carbocycles. The van der Waals surface area contributed by atoms with E-state index in [9.17, 15) is 20.1 Å². The first-order chi connectivity index (χ1) is 34.1. The zero-order chi connectivity index (χ0) is 50.0. The first-order valence-electron chi connectivity index (χ1n) is 32.0. The minimum atomic E-state index is -1.13. The standard InChI is InChI=1S/C64H127NO4/c1-3-5-7-9-11-13-15-17-19-21-23-25-27-29-30-31-32-33-34-35-37-39-41-43-45-47-49-51-53-55-57-59-63(68)65-61(60-66)64(69)62(67)58-56-54-52-50-48-46-44-42-40-38-36-28-26-24-22-20-18-16-14-12-10-8-6-4-2/h29-30,61-62,64,66-67,69H,3-28,31-60H2,1-2H3,(H,65,68)/b30-29-. The topological polar surface area (TPSA) is 89.8 Å². The Labute approximate surface area is 433 Å². The van der Waals surface area contributed by atoms with E-state index in [-0.39, 0.29) is 12.5 Å². The van der Waals surface area contributed by atoms with Gasteiger partial charge in [0.05, 0.1) is 18.8 Å². The molecule has 0 aromatic rings. The quantitative estimate of drug-likeness (QED) is 0.0361. The summed E-state index contributed by atoms with van der Waals surface area (Å²) in [6.45, 7) is 4.23. The van der Waals surface area contributed by atoms with Gasteiger partial charge in [-0.3, -0.25) is 4.79 Å². The van der Waals surface area contributed by atoms with Crippen LogP contribution in [0.25, 0.3) is 0 Å². The largest absolute Gasteiger partial charge is 0.394 e. The Balaban J connectivity index is 3.47. The summed E-state index contributed by atoms with van der Waals surface area (Å²) in [5.74, 6) is -0.136. The third kappa shape index (κ3) is 54.7. The Morgan fingerprint density at radius 2 is 0.580 bits per heavy atom. The van der Waals surface area contributed by atoms with Crippen molar-refractivity contribution >= 4 is 5.91 Å². The van der Waals surface area contributed by atoms with Crippen LogP contribution in [-0.2, 0) is 4.79 Å². The summed E-state index contributed by atoms with van der Waals surface area (Å²) in [6.07, 6.45) is 75.4. The average molecular weight is 975 g/mol. The average Bonchev–Trinajstić information content (AvgIpc) is 3.35. The number of rotatable bonds is 60. The maximum absolute atomic E-state index is 12.6. The second kappa shape index (κ2) is 59.7. The number of amides is 1. The molecule has 0 saturated carbocycles. The van der Waals surface area contributed by atoms with Crippen molar-refractivity contribution in [3.63, 3.8) is 0 Å². The fourth-order valence-corrected chi connectivity index (χ4v) is 10.5. The van der Waals surface area contributed by atoms with Crippen molar-refractivity contribution in [3.8, 4) is 0 Å². The second-order valence-corrected chi connectivity index (χ2v) is 22.3. The molecule has 412 valence electrons. The van der Waals surface area contributed by atoms with Crippen molar-refractivity contribution in [2.24, 2.45) is 0 Å². The second-order valence-electron chi connectivity index (χ2n) is 22.3. The highest BCUT2D eigenvalue weighted by Crippen LogP contribution is 2.19. The highest BCUT2D eigenvalue weighted by Gasteiger charge is 2.26. The third-order valence-corrected chi connectivity index (χ3v) is 15.4. The number of hydrogen-bond acceptors (Lipinski definition) is 4. The van der Waals surface area contributed by atoms with E-state index in [2.05, 4.69) is 31.3 Å². The van der Waals surface area contributed by atoms with Crippen LogP contribution in [0.5, 0.6) is 0 Å². The molecule has 0 aliphatic rings. The number of hydrogen-bond donors (Lipinski definition) is 4. The van der Waals surface area contributed by atoms with E-state index in [1.54, 1.807) is 0 Å². The van der Waals surface area contributed by atoms with E-state index in [0.717, 1.165) is 32.1 Å². The molecule has 0 aromatic carbocycles. The smallest absolute Gasteiger partial charge is 0.220 e. The van der Waals surface area contributed by atoms with Crippen molar-refractivity contribution in [2.45, 2.75) is 385 Å². The van der Waals surface area contributed by atoms with Crippen LogP contribution in [0.3, 0.4) is 0 Å². The van der Waals surface area contributed by atoms with Gasteiger partial charge < -0.3 is 20.6 Å². The SMILES string of the molecule is CCCCCCCCCCCCCC/C=C\CCCCCCCCCCCCCCCCCC(=O)NC(CO)C(O)C(O)CCCCCCCCCCCCCCCCCCCCCCCCCC. The van der Waals surface area contributed by atoms with Gasteiger partial charge in [0.25, 0.3) is 0 Å². The van der Waals surface area contributed by atoms with Crippen LogP contribution < -0.4 is 5.32 Å². The fraction of sp³-hybridized carbons (Fsp3) is 0.953. The Hall–Kier alpha value is -0.910. The molecule has 5 nitrogen and oxygen atoms in total. The van der Waals surface area contributed by atoms with Crippen LogP contribution in [0.1, 0.15) is 367 Å². The molecule has 0 heterocycles. The van der Waals surface area contributed by atoms with Crippen LogP contribution in [0.4, 0.5) is 0 Å². The van der Waals surface area contributed by atoms with Crippen LogP contribution in [0, 0.1) is 0 Å². The molecule has 0 spiro atoms. The van der Waals surface area contributed by atoms with E-state index in [1.165, 1.54) is 308 Å². The molecular weight excluding hydrogens is 847 g/mol. The number of carbonyl (C=O) groups excluding carboxylic acids is 1. The summed E-state index contributed by atoms with van der Waals surface area (Å²) in [7, 11) is 0. The van der Waals surface area contributed by atoms with Crippen molar-refractivity contribution in [2.75, 3.05) is 6.61 Å². The number of allylic oxidation sites excluding steroid dienone is 2. The monoisotopic (exact) mass is 974 g/mol. The number of unbranched alkanes of at least 4 members (excludes halogenated alkanes) is 50. The van der Waals surface area contributed by atoms with Gasteiger partial charge in [0, 0.05) is 6.42 Å². The molecule has 4 N–H and O–H groups in total. The van der Waals surface area contributed by atoms with Gasteiger partial charge >= 0.3 is 0 Å². The fourth-order valence-electron chi connectivity index (χ4n) is 10.5. The highest BCUT2D eigenvalue weighted by atomic mass is 16.3. The van der Waals surface area contributed by atoms with Crippen molar-refractivity contribution in [1.82, 2.24) is 5.32 Å². The molecule has 0 aliphatic heterocycles. The minimum absolute atomic E-state index is 0.136. The predicted octanol–water partition coefficient (Wildman–Crippen LogP) is 20.2. The first kappa shape index (κ1) is 68.1. The summed E-state index contributed by atoms with van der Waals surface area (Å²) >= 11 is 0. The zero-order valence-electron chi connectivity index (χ0n) is 47.2. The molecule has 5 heteroatoms. The summed E-state index contributed by atoms with van der Waals surface area (Å²) < 4.78 is 0. The number of aliphatic hydroxyl groups is 3. The van der Waals surface area contributed by atoms with E-state index in [4.69, 9.17) is 0 Å². The van der Waals surface area contributed by atoms with Gasteiger partial charge in [-0.25, -0.2) is 0 Å². The number of aliphatic hydroxyl groups excluding tert-OH is 3. The van der Waals surface area contributed by atoms with E-state index in [1.807, 2.05) is 0 Å². The molecule has 0 radical (unpaired) electrons. The summed E-state index contributed by atoms with van der Waals surface area (Å²) in [4.78, 5) is 12.6.